The second-order valence-electron chi connectivity index (χ2n) is 0.415. The zero-order chi connectivity index (χ0) is 4.50. The van der Waals surface area contributed by atoms with Crippen LogP contribution in [-0.4, -0.2) is 59.8 Å². The van der Waals surface area contributed by atoms with Crippen LogP contribution in [0.15, 0.2) is 0 Å². The largest absolute Gasteiger partial charge is 0 e. The van der Waals surface area contributed by atoms with Crippen LogP contribution in [0.1, 0.15) is 0 Å². The molecule has 0 amide bonds. The van der Waals surface area contributed by atoms with Crippen molar-refractivity contribution in [2.45, 2.75) is 0 Å². The van der Waals surface area contributed by atoms with E-state index in [0.717, 1.165) is 0 Å². The van der Waals surface area contributed by atoms with Crippen molar-refractivity contribution in [2.75, 3.05) is 0 Å². The van der Waals surface area contributed by atoms with Gasteiger partial charge < -0.3 is 0 Å². The predicted molar refractivity (Wildman–Crippen MR) is 13.0 cm³/mol. The Labute approximate surface area is 100 Å². The molecule has 0 atom stereocenters. The smallest absolute Gasteiger partial charge is 0 e. The quantitative estimate of drug-likeness (QED) is 0.452. The van der Waals surface area contributed by atoms with E-state index in [1.54, 1.807) is 0 Å². The Morgan fingerprint density at radius 1 is 1.14 bits per heavy atom. The van der Waals surface area contributed by atoms with Crippen molar-refractivity contribution in [2.24, 2.45) is 0 Å². The van der Waals surface area contributed by atoms with Crippen LogP contribution in [0, 0.1) is 0 Å². The standard InChI is InChI=1S/K.Mn.2H2O.2O.Ti.H/h;;2*1H2;;;;/q;+2;;;;;;/p-2. The normalized spacial score (nSPS) is 8.29. The minimum atomic E-state index is -5.12. The molecule has 4 nitrogen and oxygen atoms in total. The van der Waals surface area contributed by atoms with Gasteiger partial charge in [0.05, 0.1) is 0 Å². The Balaban J connectivity index is -0.0000000800. The third kappa shape index (κ3) is 60.0. The summed E-state index contributed by atoms with van der Waals surface area (Å²) in [6, 6.07) is 0. The van der Waals surface area contributed by atoms with Crippen molar-refractivity contribution in [1.82, 2.24) is 0 Å². The summed E-state index contributed by atoms with van der Waals surface area (Å²) >= 11 is -5.12. The fraction of sp³-hybridized carbons (Fsp3) is 0. The fourth-order valence-corrected chi connectivity index (χ4v) is 0. The zero-order valence-corrected chi connectivity index (χ0v) is 5.33. The maximum atomic E-state index is 8.80. The molecule has 0 aromatic rings. The first kappa shape index (κ1) is 16.2. The van der Waals surface area contributed by atoms with Crippen LogP contribution >= 0.6 is 0 Å². The van der Waals surface area contributed by atoms with Crippen LogP contribution in [0.5, 0.6) is 0 Å². The van der Waals surface area contributed by atoms with Crippen LogP contribution in [0.4, 0.5) is 0 Å². The maximum Gasteiger partial charge on any atom is 0 e. The van der Waals surface area contributed by atoms with Crippen molar-refractivity contribution < 1.29 is 51.1 Å². The molecule has 0 aliphatic rings. The summed E-state index contributed by atoms with van der Waals surface area (Å²) in [5.74, 6) is 0. The summed E-state index contributed by atoms with van der Waals surface area (Å²) in [4.78, 5) is 0. The van der Waals surface area contributed by atoms with E-state index in [2.05, 4.69) is 0 Å². The Bertz CT molecular complexity index is 94.9. The van der Waals surface area contributed by atoms with Crippen LogP contribution in [0.3, 0.4) is 0 Å². The van der Waals surface area contributed by atoms with Gasteiger partial charge in [0.25, 0.3) is 0 Å². The molecular formula is H3KMnO4Ti. The van der Waals surface area contributed by atoms with Gasteiger partial charge in [-0.25, -0.2) is 0 Å². The second kappa shape index (κ2) is 6.51. The summed E-state index contributed by atoms with van der Waals surface area (Å²) in [5, 5.41) is 0. The molecule has 7 heavy (non-hydrogen) atoms. The molecule has 2 N–H and O–H groups in total. The molecule has 0 rings (SSSR count). The van der Waals surface area contributed by atoms with Crippen LogP contribution in [-0.2, 0) is 42.8 Å². The summed E-state index contributed by atoms with van der Waals surface area (Å²) < 4.78 is 31.8. The van der Waals surface area contributed by atoms with E-state index in [-0.39, 0.29) is 73.1 Å². The Kier molecular flexibility index (Phi) is 15.1. The van der Waals surface area contributed by atoms with Gasteiger partial charge in [-0.1, -0.05) is 0 Å². The van der Waals surface area contributed by atoms with Gasteiger partial charge in [0, 0.05) is 21.7 Å². The van der Waals surface area contributed by atoms with Gasteiger partial charge in [-0.3, -0.25) is 0 Å². The van der Waals surface area contributed by atoms with E-state index in [9.17, 15) is 0 Å². The Morgan fingerprint density at radius 2 is 1.14 bits per heavy atom. The molecular weight excluding hydrogens is 206 g/mol. The van der Waals surface area contributed by atoms with Crippen LogP contribution in [0.2, 0.25) is 0 Å². The zero-order valence-electron chi connectivity index (χ0n) is 2.59. The van der Waals surface area contributed by atoms with E-state index < -0.39 is 13.4 Å². The van der Waals surface area contributed by atoms with Gasteiger partial charge >= 0.3 is 80.8 Å². The summed E-state index contributed by atoms with van der Waals surface area (Å²) in [7, 11) is 0. The summed E-state index contributed by atoms with van der Waals surface area (Å²) in [6.07, 6.45) is 0. The second-order valence-corrected chi connectivity index (χ2v) is 1.71. The molecule has 0 unspecified atom stereocenters. The maximum absolute atomic E-state index is 8.80. The van der Waals surface area contributed by atoms with Crippen molar-refractivity contribution in [3.05, 3.63) is 0 Å². The van der Waals surface area contributed by atoms with E-state index in [4.69, 9.17) is 16.0 Å². The van der Waals surface area contributed by atoms with Gasteiger partial charge in [-0.05, 0) is 0 Å². The molecule has 0 saturated carbocycles. The Morgan fingerprint density at radius 3 is 1.14 bits per heavy atom. The first-order valence-corrected chi connectivity index (χ1v) is 2.67. The molecule has 0 heterocycles. The molecule has 7 heteroatoms. The van der Waals surface area contributed by atoms with Crippen LogP contribution < -0.4 is 0 Å². The monoisotopic (exact) mass is 209 g/mol. The van der Waals surface area contributed by atoms with E-state index in [1.165, 1.54) is 0 Å². The Hall–Kier alpha value is 2.39. The molecule has 39 valence electrons. The third-order valence-electron chi connectivity index (χ3n) is 0. The summed E-state index contributed by atoms with van der Waals surface area (Å²) in [6.45, 7) is 0. The van der Waals surface area contributed by atoms with Crippen molar-refractivity contribution in [3.8, 4) is 0 Å². The van der Waals surface area contributed by atoms with Crippen molar-refractivity contribution >= 4 is 51.4 Å². The molecule has 0 bridgehead atoms. The third-order valence-corrected chi connectivity index (χ3v) is 0. The van der Waals surface area contributed by atoms with Gasteiger partial charge in [-0.2, -0.15) is 0 Å². The van der Waals surface area contributed by atoms with Crippen molar-refractivity contribution in [3.63, 3.8) is 0 Å². The topological polar surface area (TPSA) is 74.6 Å². The SMILES string of the molecule is [KH].[O]=[Mn](=[O])([OH])[OH].[Ti]. The van der Waals surface area contributed by atoms with E-state index in [1.807, 2.05) is 0 Å². The predicted octanol–water partition coefficient (Wildman–Crippen LogP) is -2.01. The average molecular weight is 209 g/mol. The molecule has 0 saturated heterocycles. The number of hydrogen-bond acceptors (Lipinski definition) is 2. The van der Waals surface area contributed by atoms with E-state index >= 15 is 0 Å². The minimum absolute atomic E-state index is 0. The molecule has 0 aliphatic heterocycles. The molecule has 0 radical (unpaired) electrons. The van der Waals surface area contributed by atoms with Crippen LogP contribution in [0.25, 0.3) is 0 Å². The van der Waals surface area contributed by atoms with Crippen molar-refractivity contribution in [1.29, 1.82) is 0 Å². The van der Waals surface area contributed by atoms with Gasteiger partial charge in [0.15, 0.2) is 0 Å². The fourth-order valence-electron chi connectivity index (χ4n) is 0. The number of hydrogen-bond donors (Lipinski definition) is 2. The molecule has 0 fully saturated rings. The molecule has 0 aromatic carbocycles. The first-order chi connectivity index (χ1) is 2.00. The minimum Gasteiger partial charge on any atom is 0 e. The molecule has 0 spiro atoms. The summed E-state index contributed by atoms with van der Waals surface area (Å²) in [5.41, 5.74) is 0. The first-order valence-electron chi connectivity index (χ1n) is 0.647. The number of rotatable bonds is 0. The molecule has 0 aromatic heterocycles. The van der Waals surface area contributed by atoms with Gasteiger partial charge in [0.2, 0.25) is 0 Å². The van der Waals surface area contributed by atoms with Gasteiger partial charge in [-0.15, -0.1) is 0 Å². The van der Waals surface area contributed by atoms with Gasteiger partial charge in [0.1, 0.15) is 0 Å². The van der Waals surface area contributed by atoms with E-state index in [0.29, 0.717) is 0 Å². The average Bonchev–Trinajstić information content (AvgIpc) is 0.722. The molecule has 0 aliphatic carbocycles.